The zero-order valence-electron chi connectivity index (χ0n) is 11.1. The Morgan fingerprint density at radius 2 is 2.00 bits per heavy atom. The van der Waals surface area contributed by atoms with Gasteiger partial charge in [-0.3, -0.25) is 5.84 Å². The van der Waals surface area contributed by atoms with Gasteiger partial charge in [-0.05, 0) is 40.9 Å². The normalized spacial score (nSPS) is 12.8. The Balaban J connectivity index is 2.19. The number of hydrogen-bond donors (Lipinski definition) is 2. The molecule has 4 heteroatoms. The maximum Gasteiger partial charge on any atom is 0.0734 e. The van der Waals surface area contributed by atoms with Crippen molar-refractivity contribution < 1.29 is 0 Å². The van der Waals surface area contributed by atoms with Crippen LogP contribution in [0.3, 0.4) is 0 Å². The number of benzene rings is 2. The molecule has 1 unspecified atom stereocenters. The summed E-state index contributed by atoms with van der Waals surface area (Å²) in [6, 6.07) is 14.8. The fraction of sp³-hybridized carbons (Fsp3) is 0.125. The molecule has 1 atom stereocenters. The molecular formula is C16H15BrN2S. The molecule has 0 aliphatic heterocycles. The second kappa shape index (κ2) is 5.66. The number of fused-ring (bicyclic) bond motifs is 1. The molecule has 3 rings (SSSR count). The predicted octanol–water partition coefficient (Wildman–Crippen LogP) is 4.52. The van der Waals surface area contributed by atoms with Crippen LogP contribution in [0.5, 0.6) is 0 Å². The maximum absolute atomic E-state index is 5.85. The van der Waals surface area contributed by atoms with Crippen LogP contribution in [0.15, 0.2) is 52.3 Å². The average molecular weight is 347 g/mol. The summed E-state index contributed by atoms with van der Waals surface area (Å²) in [6.07, 6.45) is 0. The summed E-state index contributed by atoms with van der Waals surface area (Å²) in [6.45, 7) is 2.09. The minimum atomic E-state index is -0.0216. The number of nitrogens with one attached hydrogen (secondary N) is 1. The van der Waals surface area contributed by atoms with Crippen LogP contribution in [0.25, 0.3) is 10.1 Å². The van der Waals surface area contributed by atoms with E-state index in [9.17, 15) is 0 Å². The van der Waals surface area contributed by atoms with Crippen LogP contribution in [-0.2, 0) is 0 Å². The Bertz CT molecular complexity index is 751. The summed E-state index contributed by atoms with van der Waals surface area (Å²) >= 11 is 5.38. The number of thiophene rings is 1. The van der Waals surface area contributed by atoms with E-state index in [4.69, 9.17) is 5.84 Å². The number of rotatable bonds is 3. The van der Waals surface area contributed by atoms with Crippen LogP contribution in [0, 0.1) is 6.92 Å². The SMILES string of the molecule is Cc1ccc(Br)c(C(NN)c2cccc3ccsc23)c1. The first-order valence-corrected chi connectivity index (χ1v) is 8.06. The van der Waals surface area contributed by atoms with Crippen molar-refractivity contribution in [3.63, 3.8) is 0 Å². The largest absolute Gasteiger partial charge is 0.271 e. The van der Waals surface area contributed by atoms with Crippen LogP contribution in [-0.4, -0.2) is 0 Å². The molecular weight excluding hydrogens is 332 g/mol. The molecule has 0 saturated heterocycles. The molecule has 0 saturated carbocycles. The lowest BCUT2D eigenvalue weighted by atomic mass is 9.97. The third kappa shape index (κ3) is 2.40. The summed E-state index contributed by atoms with van der Waals surface area (Å²) in [5, 5.41) is 3.38. The van der Waals surface area contributed by atoms with Gasteiger partial charge in [0.05, 0.1) is 6.04 Å². The van der Waals surface area contributed by atoms with Crippen molar-refractivity contribution in [1.82, 2.24) is 5.43 Å². The number of hydrazine groups is 1. The lowest BCUT2D eigenvalue weighted by Crippen LogP contribution is -2.29. The van der Waals surface area contributed by atoms with E-state index in [1.165, 1.54) is 21.2 Å². The summed E-state index contributed by atoms with van der Waals surface area (Å²) < 4.78 is 2.35. The highest BCUT2D eigenvalue weighted by molar-refractivity contribution is 9.10. The molecule has 20 heavy (non-hydrogen) atoms. The smallest absolute Gasteiger partial charge is 0.0734 e. The molecule has 0 aliphatic rings. The molecule has 1 aromatic heterocycles. The molecule has 2 aromatic carbocycles. The molecule has 0 radical (unpaired) electrons. The van der Waals surface area contributed by atoms with Gasteiger partial charge in [0.15, 0.2) is 0 Å². The van der Waals surface area contributed by atoms with Crippen molar-refractivity contribution in [1.29, 1.82) is 0 Å². The average Bonchev–Trinajstić information content (AvgIpc) is 2.92. The fourth-order valence-corrected chi connectivity index (χ4v) is 3.90. The highest BCUT2D eigenvalue weighted by atomic mass is 79.9. The van der Waals surface area contributed by atoms with Gasteiger partial charge >= 0.3 is 0 Å². The van der Waals surface area contributed by atoms with E-state index in [-0.39, 0.29) is 6.04 Å². The summed E-state index contributed by atoms with van der Waals surface area (Å²) in [4.78, 5) is 0. The first-order valence-electron chi connectivity index (χ1n) is 6.39. The quantitative estimate of drug-likeness (QED) is 0.540. The minimum absolute atomic E-state index is 0.0216. The van der Waals surface area contributed by atoms with Gasteiger partial charge in [-0.25, -0.2) is 5.43 Å². The summed E-state index contributed by atoms with van der Waals surface area (Å²) in [5.41, 5.74) is 6.56. The van der Waals surface area contributed by atoms with Gasteiger partial charge in [-0.15, -0.1) is 11.3 Å². The molecule has 2 nitrogen and oxygen atoms in total. The van der Waals surface area contributed by atoms with Crippen molar-refractivity contribution in [2.45, 2.75) is 13.0 Å². The fourth-order valence-electron chi connectivity index (χ4n) is 2.47. The Hall–Kier alpha value is -1.20. The van der Waals surface area contributed by atoms with Crippen molar-refractivity contribution in [3.05, 3.63) is 69.0 Å². The molecule has 1 heterocycles. The van der Waals surface area contributed by atoms with Gasteiger partial charge in [0.2, 0.25) is 0 Å². The van der Waals surface area contributed by atoms with Crippen molar-refractivity contribution in [2.24, 2.45) is 5.84 Å². The monoisotopic (exact) mass is 346 g/mol. The van der Waals surface area contributed by atoms with Crippen LogP contribution < -0.4 is 11.3 Å². The summed E-state index contributed by atoms with van der Waals surface area (Å²) in [7, 11) is 0. The first kappa shape index (κ1) is 13.8. The van der Waals surface area contributed by atoms with Gasteiger partial charge in [-0.2, -0.15) is 0 Å². The highest BCUT2D eigenvalue weighted by Crippen LogP contribution is 2.35. The van der Waals surface area contributed by atoms with E-state index < -0.39 is 0 Å². The Morgan fingerprint density at radius 3 is 2.80 bits per heavy atom. The third-order valence-electron chi connectivity index (χ3n) is 3.45. The molecule has 0 aliphatic carbocycles. The number of halogens is 1. The second-order valence-corrected chi connectivity index (χ2v) is 6.58. The zero-order valence-corrected chi connectivity index (χ0v) is 13.5. The summed E-state index contributed by atoms with van der Waals surface area (Å²) in [5.74, 6) is 5.85. The molecule has 0 amide bonds. The van der Waals surface area contributed by atoms with Crippen molar-refractivity contribution in [2.75, 3.05) is 0 Å². The van der Waals surface area contributed by atoms with Gasteiger partial charge < -0.3 is 0 Å². The van der Waals surface area contributed by atoms with Crippen molar-refractivity contribution >= 4 is 37.4 Å². The molecule has 3 N–H and O–H groups in total. The lowest BCUT2D eigenvalue weighted by molar-refractivity contribution is 0.639. The number of hydrogen-bond acceptors (Lipinski definition) is 3. The Kier molecular flexibility index (Phi) is 3.89. The topological polar surface area (TPSA) is 38.0 Å². The third-order valence-corrected chi connectivity index (χ3v) is 5.15. The van der Waals surface area contributed by atoms with Crippen molar-refractivity contribution in [3.8, 4) is 0 Å². The first-order chi connectivity index (χ1) is 9.70. The van der Waals surface area contributed by atoms with E-state index in [1.807, 2.05) is 0 Å². The van der Waals surface area contributed by atoms with Crippen LogP contribution in [0.4, 0.5) is 0 Å². The standard InChI is InChI=1S/C16H15BrN2S/c1-10-5-6-14(17)13(9-10)15(19-18)12-4-2-3-11-7-8-20-16(11)12/h2-9,15,19H,18H2,1H3. The lowest BCUT2D eigenvalue weighted by Gasteiger charge is -2.19. The van der Waals surface area contributed by atoms with E-state index in [0.717, 1.165) is 10.0 Å². The van der Waals surface area contributed by atoms with E-state index in [2.05, 4.69) is 76.1 Å². The van der Waals surface area contributed by atoms with Crippen LogP contribution >= 0.6 is 27.3 Å². The van der Waals surface area contributed by atoms with Gasteiger partial charge in [0.25, 0.3) is 0 Å². The number of aryl methyl sites for hydroxylation is 1. The second-order valence-electron chi connectivity index (χ2n) is 4.81. The van der Waals surface area contributed by atoms with Gasteiger partial charge in [-0.1, -0.05) is 51.8 Å². The van der Waals surface area contributed by atoms with Gasteiger partial charge in [0, 0.05) is 9.17 Å². The highest BCUT2D eigenvalue weighted by Gasteiger charge is 2.18. The molecule has 0 fully saturated rings. The Labute approximate surface area is 130 Å². The van der Waals surface area contributed by atoms with E-state index >= 15 is 0 Å². The zero-order chi connectivity index (χ0) is 14.1. The number of nitrogens with two attached hydrogens (primary N) is 1. The molecule has 3 aromatic rings. The maximum atomic E-state index is 5.85. The van der Waals surface area contributed by atoms with Crippen LogP contribution in [0.2, 0.25) is 0 Å². The van der Waals surface area contributed by atoms with Crippen LogP contribution in [0.1, 0.15) is 22.7 Å². The van der Waals surface area contributed by atoms with Gasteiger partial charge in [0.1, 0.15) is 0 Å². The van der Waals surface area contributed by atoms with E-state index in [1.54, 1.807) is 11.3 Å². The molecule has 0 bridgehead atoms. The predicted molar refractivity (Wildman–Crippen MR) is 89.9 cm³/mol. The molecule has 0 spiro atoms. The minimum Gasteiger partial charge on any atom is -0.271 e. The van der Waals surface area contributed by atoms with E-state index in [0.29, 0.717) is 0 Å². The molecule has 102 valence electrons. The Morgan fingerprint density at radius 1 is 1.15 bits per heavy atom.